The number of hydrogen-bond acceptors (Lipinski definition) is 3. The predicted octanol–water partition coefficient (Wildman–Crippen LogP) is 3.54. The first-order valence-electron chi connectivity index (χ1n) is 8.48. The molecule has 3 rings (SSSR count). The second kappa shape index (κ2) is 6.72. The highest BCUT2D eigenvalue weighted by Crippen LogP contribution is 2.55. The number of hydrogen-bond donors (Lipinski definition) is 2. The maximum atomic E-state index is 12.5. The molecule has 8 heteroatoms. The molecule has 2 aliphatic rings. The third-order valence-electron chi connectivity index (χ3n) is 5.10. The molecule has 138 valence electrons. The molecule has 0 bridgehead atoms. The van der Waals surface area contributed by atoms with Crippen LogP contribution in [0.3, 0.4) is 0 Å². The molecule has 2 aliphatic carbocycles. The zero-order valence-electron chi connectivity index (χ0n) is 14.0. The summed E-state index contributed by atoms with van der Waals surface area (Å²) in [5.74, 6) is 0.0722. The maximum absolute atomic E-state index is 12.5. The molecule has 1 aromatic rings. The Hall–Kier alpha value is -1.99. The van der Waals surface area contributed by atoms with Crippen LogP contribution in [0.5, 0.6) is 5.75 Å². The van der Waals surface area contributed by atoms with Crippen LogP contribution in [0.15, 0.2) is 18.3 Å². The van der Waals surface area contributed by atoms with Crippen molar-refractivity contribution >= 4 is 6.03 Å². The van der Waals surface area contributed by atoms with Crippen LogP contribution in [0.25, 0.3) is 0 Å². The van der Waals surface area contributed by atoms with Gasteiger partial charge in [-0.05, 0) is 44.1 Å². The van der Waals surface area contributed by atoms with E-state index in [4.69, 9.17) is 4.74 Å². The molecule has 0 saturated heterocycles. The molecule has 1 atom stereocenters. The van der Waals surface area contributed by atoms with Gasteiger partial charge in [-0.1, -0.05) is 6.42 Å². The van der Waals surface area contributed by atoms with Gasteiger partial charge in [0.2, 0.25) is 0 Å². The summed E-state index contributed by atoms with van der Waals surface area (Å²) in [6.45, 7) is 1.07. The van der Waals surface area contributed by atoms with Crippen molar-refractivity contribution in [3.05, 3.63) is 24.0 Å². The van der Waals surface area contributed by atoms with E-state index in [1.54, 1.807) is 0 Å². The SMILES string of the molecule is CC(Oc1ccnc(CNC(=O)NC2CC3(CCC3)C2)c1)C(F)(F)F. The quantitative estimate of drug-likeness (QED) is 0.847. The fraction of sp³-hybridized carbons (Fsp3) is 0.647. The van der Waals surface area contributed by atoms with Crippen molar-refractivity contribution < 1.29 is 22.7 Å². The van der Waals surface area contributed by atoms with Crippen molar-refractivity contribution in [2.45, 2.75) is 63.9 Å². The van der Waals surface area contributed by atoms with Gasteiger partial charge in [-0.3, -0.25) is 4.98 Å². The number of rotatable bonds is 5. The monoisotopic (exact) mass is 357 g/mol. The fourth-order valence-corrected chi connectivity index (χ4v) is 3.48. The van der Waals surface area contributed by atoms with E-state index in [-0.39, 0.29) is 24.4 Å². The average molecular weight is 357 g/mol. The van der Waals surface area contributed by atoms with Crippen molar-refractivity contribution in [2.75, 3.05) is 0 Å². The van der Waals surface area contributed by atoms with Crippen molar-refractivity contribution in [1.29, 1.82) is 0 Å². The van der Waals surface area contributed by atoms with E-state index >= 15 is 0 Å². The second-order valence-electron chi connectivity index (χ2n) is 7.07. The summed E-state index contributed by atoms with van der Waals surface area (Å²) in [7, 11) is 0. The molecule has 5 nitrogen and oxygen atoms in total. The molecule has 0 radical (unpaired) electrons. The number of nitrogens with zero attached hydrogens (tertiary/aromatic N) is 1. The Kier molecular flexibility index (Phi) is 4.79. The smallest absolute Gasteiger partial charge is 0.425 e. The summed E-state index contributed by atoms with van der Waals surface area (Å²) in [6.07, 6.45) is 0.919. The van der Waals surface area contributed by atoms with Crippen molar-refractivity contribution in [3.8, 4) is 5.75 Å². The van der Waals surface area contributed by atoms with E-state index in [1.165, 1.54) is 37.6 Å². The zero-order valence-corrected chi connectivity index (χ0v) is 14.0. The van der Waals surface area contributed by atoms with Crippen LogP contribution in [-0.2, 0) is 6.54 Å². The van der Waals surface area contributed by atoms with E-state index in [0.29, 0.717) is 11.1 Å². The van der Waals surface area contributed by atoms with Gasteiger partial charge in [-0.15, -0.1) is 0 Å². The van der Waals surface area contributed by atoms with Gasteiger partial charge in [-0.25, -0.2) is 4.79 Å². The number of carbonyl (C=O) groups excluding carboxylic acids is 1. The highest BCUT2D eigenvalue weighted by Gasteiger charge is 2.48. The Labute approximate surface area is 144 Å². The number of ether oxygens (including phenoxy) is 1. The zero-order chi connectivity index (χ0) is 18.1. The van der Waals surface area contributed by atoms with Crippen molar-refractivity contribution in [1.82, 2.24) is 15.6 Å². The Bertz CT molecular complexity index is 624. The Morgan fingerprint density at radius 3 is 2.76 bits per heavy atom. The normalized spacial score (nSPS) is 20.3. The Morgan fingerprint density at radius 2 is 2.16 bits per heavy atom. The van der Waals surface area contributed by atoms with Gasteiger partial charge in [0.15, 0.2) is 6.10 Å². The first-order valence-corrected chi connectivity index (χ1v) is 8.48. The first-order chi connectivity index (χ1) is 11.8. The molecule has 1 heterocycles. The van der Waals surface area contributed by atoms with Crippen LogP contribution < -0.4 is 15.4 Å². The van der Waals surface area contributed by atoms with Crippen LogP contribution >= 0.6 is 0 Å². The summed E-state index contributed by atoms with van der Waals surface area (Å²) in [4.78, 5) is 15.9. The summed E-state index contributed by atoms with van der Waals surface area (Å²) in [6, 6.07) is 2.69. The largest absolute Gasteiger partial charge is 0.481 e. The van der Waals surface area contributed by atoms with Crippen molar-refractivity contribution in [2.24, 2.45) is 5.41 Å². The number of halogens is 3. The van der Waals surface area contributed by atoms with Gasteiger partial charge >= 0.3 is 12.2 Å². The molecule has 2 N–H and O–H groups in total. The summed E-state index contributed by atoms with van der Waals surface area (Å²) in [5.41, 5.74) is 0.923. The molecule has 2 saturated carbocycles. The highest BCUT2D eigenvalue weighted by atomic mass is 19.4. The molecule has 2 fully saturated rings. The summed E-state index contributed by atoms with van der Waals surface area (Å²) in [5, 5.41) is 5.60. The lowest BCUT2D eigenvalue weighted by molar-refractivity contribution is -0.189. The van der Waals surface area contributed by atoms with Crippen LogP contribution in [0.1, 0.15) is 44.7 Å². The lowest BCUT2D eigenvalue weighted by atomic mass is 9.54. The molecule has 1 unspecified atom stereocenters. The maximum Gasteiger partial charge on any atom is 0.425 e. The average Bonchev–Trinajstić information content (AvgIpc) is 2.46. The Morgan fingerprint density at radius 1 is 1.44 bits per heavy atom. The number of pyridine rings is 1. The predicted molar refractivity (Wildman–Crippen MR) is 85.1 cm³/mol. The summed E-state index contributed by atoms with van der Waals surface area (Å²) >= 11 is 0. The van der Waals surface area contributed by atoms with Crippen LogP contribution in [-0.4, -0.2) is 29.3 Å². The number of urea groups is 1. The van der Waals surface area contributed by atoms with E-state index in [1.807, 2.05) is 0 Å². The van der Waals surface area contributed by atoms with Gasteiger partial charge in [-0.2, -0.15) is 13.2 Å². The van der Waals surface area contributed by atoms with E-state index < -0.39 is 12.3 Å². The molecule has 0 aliphatic heterocycles. The molecule has 0 aromatic carbocycles. The molecule has 1 spiro atoms. The van der Waals surface area contributed by atoms with E-state index in [9.17, 15) is 18.0 Å². The van der Waals surface area contributed by atoms with Gasteiger partial charge in [0, 0.05) is 18.3 Å². The minimum Gasteiger partial charge on any atom is -0.481 e. The van der Waals surface area contributed by atoms with Crippen LogP contribution in [0.4, 0.5) is 18.0 Å². The van der Waals surface area contributed by atoms with Gasteiger partial charge in [0.1, 0.15) is 5.75 Å². The minimum atomic E-state index is -4.43. The van der Waals surface area contributed by atoms with Gasteiger partial charge in [0.05, 0.1) is 12.2 Å². The highest BCUT2D eigenvalue weighted by molar-refractivity contribution is 5.74. The lowest BCUT2D eigenvalue weighted by Crippen LogP contribution is -2.55. The third-order valence-corrected chi connectivity index (χ3v) is 5.10. The molecule has 25 heavy (non-hydrogen) atoms. The van der Waals surface area contributed by atoms with Crippen LogP contribution in [0.2, 0.25) is 0 Å². The molecular formula is C17H22F3N3O2. The topological polar surface area (TPSA) is 63.2 Å². The van der Waals surface area contributed by atoms with E-state index in [0.717, 1.165) is 19.8 Å². The summed E-state index contributed by atoms with van der Waals surface area (Å²) < 4.78 is 42.5. The van der Waals surface area contributed by atoms with Crippen LogP contribution in [0, 0.1) is 5.41 Å². The van der Waals surface area contributed by atoms with Crippen molar-refractivity contribution in [3.63, 3.8) is 0 Å². The number of alkyl halides is 3. The van der Waals surface area contributed by atoms with Gasteiger partial charge in [0.25, 0.3) is 0 Å². The first kappa shape index (κ1) is 17.8. The van der Waals surface area contributed by atoms with E-state index in [2.05, 4.69) is 15.6 Å². The number of nitrogens with one attached hydrogen (secondary N) is 2. The standard InChI is InChI=1S/C17H22F3N3O2/c1-11(17(18,19)20)25-14-3-6-21-12(7-14)10-22-15(24)23-13-8-16(9-13)4-2-5-16/h3,6-7,11,13H,2,4-5,8-10H2,1H3,(H2,22,23,24). The number of carbonyl (C=O) groups is 1. The fourth-order valence-electron chi connectivity index (χ4n) is 3.48. The minimum absolute atomic E-state index is 0.0722. The molecular weight excluding hydrogens is 335 g/mol. The van der Waals surface area contributed by atoms with Gasteiger partial charge < -0.3 is 15.4 Å². The third kappa shape index (κ3) is 4.35. The molecule has 2 amide bonds. The number of amides is 2. The second-order valence-corrected chi connectivity index (χ2v) is 7.07. The number of aromatic nitrogens is 1. The lowest BCUT2D eigenvalue weighted by Gasteiger charge is -2.54. The Balaban J connectivity index is 1.43. The molecule has 1 aromatic heterocycles.